The number of anilines is 1. The van der Waals surface area contributed by atoms with E-state index in [1.165, 1.54) is 10.6 Å². The third-order valence-electron chi connectivity index (χ3n) is 3.07. The van der Waals surface area contributed by atoms with E-state index in [9.17, 15) is 9.59 Å². The summed E-state index contributed by atoms with van der Waals surface area (Å²) < 4.78 is 1.50. The first-order chi connectivity index (χ1) is 10.5. The summed E-state index contributed by atoms with van der Waals surface area (Å²) >= 11 is 6.11. The molecule has 1 heterocycles. The van der Waals surface area contributed by atoms with Gasteiger partial charge in [0.2, 0.25) is 5.91 Å². The molecule has 0 saturated carbocycles. The standard InChI is InChI=1S/C16H18ClN3O2.ClH/c1-11(18)8-15(21)19-13-6-7-16(22)20(10-13)9-12-4-2-3-5-14(12)17;/h2-7,10-11H,8-9,18H2,1H3,(H,19,21);1H. The van der Waals surface area contributed by atoms with Gasteiger partial charge in [0.05, 0.1) is 12.2 Å². The van der Waals surface area contributed by atoms with Crippen molar-refractivity contribution in [2.24, 2.45) is 5.73 Å². The van der Waals surface area contributed by atoms with Crippen LogP contribution < -0.4 is 16.6 Å². The van der Waals surface area contributed by atoms with Gasteiger partial charge in [-0.1, -0.05) is 29.8 Å². The number of carbonyl (C=O) groups excluding carboxylic acids is 1. The SMILES string of the molecule is CC(N)CC(=O)Nc1ccc(=O)n(Cc2ccccc2Cl)c1.Cl. The second-order valence-corrected chi connectivity index (χ2v) is 5.61. The molecule has 124 valence electrons. The quantitative estimate of drug-likeness (QED) is 0.865. The van der Waals surface area contributed by atoms with Gasteiger partial charge in [0.25, 0.3) is 5.56 Å². The second-order valence-electron chi connectivity index (χ2n) is 5.20. The van der Waals surface area contributed by atoms with Crippen molar-refractivity contribution in [1.82, 2.24) is 4.57 Å². The summed E-state index contributed by atoms with van der Waals surface area (Å²) in [4.78, 5) is 23.7. The molecule has 0 aliphatic heterocycles. The molecule has 0 aliphatic carbocycles. The monoisotopic (exact) mass is 355 g/mol. The molecule has 7 heteroatoms. The van der Waals surface area contributed by atoms with Crippen molar-refractivity contribution in [3.8, 4) is 0 Å². The van der Waals surface area contributed by atoms with E-state index in [2.05, 4.69) is 5.32 Å². The highest BCUT2D eigenvalue weighted by atomic mass is 35.5. The van der Waals surface area contributed by atoms with Crippen molar-refractivity contribution in [2.75, 3.05) is 5.32 Å². The average Bonchev–Trinajstić information content (AvgIpc) is 2.44. The van der Waals surface area contributed by atoms with Crippen LogP contribution in [0.2, 0.25) is 5.02 Å². The van der Waals surface area contributed by atoms with Crippen LogP contribution in [0.4, 0.5) is 5.69 Å². The second kappa shape index (κ2) is 8.72. The largest absolute Gasteiger partial charge is 0.327 e. The van der Waals surface area contributed by atoms with Gasteiger partial charge in [0.15, 0.2) is 0 Å². The van der Waals surface area contributed by atoms with E-state index in [4.69, 9.17) is 17.3 Å². The van der Waals surface area contributed by atoms with E-state index in [1.54, 1.807) is 25.3 Å². The lowest BCUT2D eigenvalue weighted by molar-refractivity contribution is -0.116. The van der Waals surface area contributed by atoms with Gasteiger partial charge in [0, 0.05) is 29.7 Å². The van der Waals surface area contributed by atoms with E-state index in [0.29, 0.717) is 17.3 Å². The van der Waals surface area contributed by atoms with Gasteiger partial charge >= 0.3 is 0 Å². The number of benzene rings is 1. The van der Waals surface area contributed by atoms with Gasteiger partial charge in [0.1, 0.15) is 0 Å². The fraction of sp³-hybridized carbons (Fsp3) is 0.250. The molecule has 3 N–H and O–H groups in total. The highest BCUT2D eigenvalue weighted by molar-refractivity contribution is 6.31. The van der Waals surface area contributed by atoms with Crippen molar-refractivity contribution >= 4 is 35.6 Å². The van der Waals surface area contributed by atoms with Crippen LogP contribution in [0.5, 0.6) is 0 Å². The first kappa shape index (κ1) is 19.2. The zero-order valence-electron chi connectivity index (χ0n) is 12.7. The molecule has 1 aromatic carbocycles. The molecule has 2 aromatic rings. The summed E-state index contributed by atoms with van der Waals surface area (Å²) in [6.45, 7) is 2.10. The van der Waals surface area contributed by atoms with Gasteiger partial charge in [-0.3, -0.25) is 9.59 Å². The first-order valence-electron chi connectivity index (χ1n) is 6.95. The Balaban J connectivity index is 0.00000264. The zero-order chi connectivity index (χ0) is 16.1. The van der Waals surface area contributed by atoms with Gasteiger partial charge in [-0.05, 0) is 24.6 Å². The highest BCUT2D eigenvalue weighted by Crippen LogP contribution is 2.16. The minimum absolute atomic E-state index is 0. The number of nitrogens with one attached hydrogen (secondary N) is 1. The number of halogens is 2. The Kier molecular flexibility index (Phi) is 7.29. The number of hydrogen-bond acceptors (Lipinski definition) is 3. The zero-order valence-corrected chi connectivity index (χ0v) is 14.2. The summed E-state index contributed by atoms with van der Waals surface area (Å²) in [7, 11) is 0. The van der Waals surface area contributed by atoms with Crippen molar-refractivity contribution in [2.45, 2.75) is 25.9 Å². The lowest BCUT2D eigenvalue weighted by atomic mass is 10.2. The molecule has 23 heavy (non-hydrogen) atoms. The predicted molar refractivity (Wildman–Crippen MR) is 95.4 cm³/mol. The molecule has 2 rings (SSSR count). The molecule has 5 nitrogen and oxygen atoms in total. The number of nitrogens with zero attached hydrogens (tertiary/aromatic N) is 1. The molecular weight excluding hydrogens is 337 g/mol. The van der Waals surface area contributed by atoms with Gasteiger partial charge in [-0.25, -0.2) is 0 Å². The van der Waals surface area contributed by atoms with E-state index < -0.39 is 0 Å². The Hall–Kier alpha value is -1.82. The third-order valence-corrected chi connectivity index (χ3v) is 3.44. The van der Waals surface area contributed by atoms with Crippen LogP contribution >= 0.6 is 24.0 Å². The Morgan fingerprint density at radius 2 is 2.00 bits per heavy atom. The van der Waals surface area contributed by atoms with Crippen LogP contribution in [-0.2, 0) is 11.3 Å². The Bertz CT molecular complexity index is 729. The topological polar surface area (TPSA) is 77.1 Å². The van der Waals surface area contributed by atoms with Crippen LogP contribution in [-0.4, -0.2) is 16.5 Å². The molecular formula is C16H19Cl2N3O2. The smallest absolute Gasteiger partial charge is 0.250 e. The Labute approximate surface area is 145 Å². The number of aromatic nitrogens is 1. The molecule has 0 aliphatic rings. The molecule has 1 aromatic heterocycles. The number of rotatable bonds is 5. The summed E-state index contributed by atoms with van der Waals surface area (Å²) in [6.07, 6.45) is 1.83. The van der Waals surface area contributed by atoms with Crippen molar-refractivity contribution in [3.63, 3.8) is 0 Å². The molecule has 0 bridgehead atoms. The van der Waals surface area contributed by atoms with Crippen LogP contribution in [0.3, 0.4) is 0 Å². The normalized spacial score (nSPS) is 11.4. The highest BCUT2D eigenvalue weighted by Gasteiger charge is 2.07. The number of pyridine rings is 1. The van der Waals surface area contributed by atoms with E-state index in [0.717, 1.165) is 5.56 Å². The molecule has 1 atom stereocenters. The van der Waals surface area contributed by atoms with Crippen LogP contribution in [0, 0.1) is 0 Å². The maximum absolute atomic E-state index is 11.9. The number of carbonyl (C=O) groups is 1. The van der Waals surface area contributed by atoms with Crippen LogP contribution in [0.1, 0.15) is 18.9 Å². The van der Waals surface area contributed by atoms with Crippen LogP contribution in [0.25, 0.3) is 0 Å². The van der Waals surface area contributed by atoms with E-state index in [1.807, 2.05) is 18.2 Å². The summed E-state index contributed by atoms with van der Waals surface area (Å²) in [6, 6.07) is 10.1. The minimum atomic E-state index is -0.214. The van der Waals surface area contributed by atoms with Gasteiger partial charge < -0.3 is 15.6 Å². The summed E-state index contributed by atoms with van der Waals surface area (Å²) in [5.74, 6) is -0.182. The Morgan fingerprint density at radius 3 is 2.65 bits per heavy atom. The van der Waals surface area contributed by atoms with Gasteiger partial charge in [-0.15, -0.1) is 12.4 Å². The molecule has 0 saturated heterocycles. The number of amides is 1. The fourth-order valence-corrected chi connectivity index (χ4v) is 2.24. The lowest BCUT2D eigenvalue weighted by Crippen LogP contribution is -2.25. The lowest BCUT2D eigenvalue weighted by Gasteiger charge is -2.11. The first-order valence-corrected chi connectivity index (χ1v) is 7.33. The fourth-order valence-electron chi connectivity index (χ4n) is 2.04. The predicted octanol–water partition coefficient (Wildman–Crippen LogP) is 2.65. The summed E-state index contributed by atoms with van der Waals surface area (Å²) in [5, 5.41) is 3.33. The average molecular weight is 356 g/mol. The maximum atomic E-state index is 11.9. The maximum Gasteiger partial charge on any atom is 0.250 e. The molecule has 1 unspecified atom stereocenters. The Morgan fingerprint density at radius 1 is 1.30 bits per heavy atom. The molecule has 0 spiro atoms. The minimum Gasteiger partial charge on any atom is -0.327 e. The van der Waals surface area contributed by atoms with E-state index >= 15 is 0 Å². The van der Waals surface area contributed by atoms with Crippen molar-refractivity contribution in [1.29, 1.82) is 0 Å². The molecule has 1 amide bonds. The van der Waals surface area contributed by atoms with Crippen molar-refractivity contribution in [3.05, 3.63) is 63.5 Å². The van der Waals surface area contributed by atoms with E-state index in [-0.39, 0.29) is 36.3 Å². The molecule has 0 radical (unpaired) electrons. The third kappa shape index (κ3) is 5.71. The summed E-state index contributed by atoms with van der Waals surface area (Å²) in [5.41, 5.74) is 6.82. The number of nitrogens with two attached hydrogens (primary N) is 1. The number of hydrogen-bond donors (Lipinski definition) is 2. The van der Waals surface area contributed by atoms with Crippen molar-refractivity contribution < 1.29 is 4.79 Å². The molecule has 0 fully saturated rings. The van der Waals surface area contributed by atoms with Gasteiger partial charge in [-0.2, -0.15) is 0 Å². The van der Waals surface area contributed by atoms with Crippen LogP contribution in [0.15, 0.2) is 47.4 Å².